The Morgan fingerprint density at radius 2 is 1.77 bits per heavy atom. The molecule has 1 N–H and O–H groups in total. The van der Waals surface area contributed by atoms with E-state index in [1.54, 1.807) is 25.6 Å². The van der Waals surface area contributed by atoms with Gasteiger partial charge in [0.05, 0.1) is 18.3 Å². The van der Waals surface area contributed by atoms with Crippen molar-refractivity contribution in [2.75, 3.05) is 12.5 Å². The largest absolute Gasteiger partial charge is 0.497 e. The predicted molar refractivity (Wildman–Crippen MR) is 87.5 cm³/mol. The van der Waals surface area contributed by atoms with Crippen LogP contribution in [-0.4, -0.2) is 16.8 Å². The fourth-order valence-electron chi connectivity index (χ4n) is 2.44. The molecule has 3 aromatic rings. The van der Waals surface area contributed by atoms with Gasteiger partial charge in [-0.2, -0.15) is 0 Å². The quantitative estimate of drug-likeness (QED) is 0.807. The van der Waals surface area contributed by atoms with Crippen LogP contribution in [0.4, 0.5) is 5.69 Å². The highest BCUT2D eigenvalue weighted by molar-refractivity contribution is 5.81. The van der Waals surface area contributed by atoms with Gasteiger partial charge in [0.1, 0.15) is 5.75 Å². The van der Waals surface area contributed by atoms with Gasteiger partial charge in [0.15, 0.2) is 0 Å². The van der Waals surface area contributed by atoms with E-state index < -0.39 is 0 Å². The number of aromatic nitrogens is 2. The molecule has 2 heterocycles. The minimum Gasteiger partial charge on any atom is -0.497 e. The van der Waals surface area contributed by atoms with Crippen molar-refractivity contribution in [3.63, 3.8) is 0 Å². The van der Waals surface area contributed by atoms with E-state index in [1.165, 1.54) is 4.68 Å². The van der Waals surface area contributed by atoms with E-state index in [4.69, 9.17) is 4.74 Å². The zero-order valence-electron chi connectivity index (χ0n) is 12.8. The first kappa shape index (κ1) is 14.1. The third-order valence-corrected chi connectivity index (χ3v) is 3.65. The number of ether oxygens (including phenoxy) is 1. The molecule has 0 aliphatic rings. The summed E-state index contributed by atoms with van der Waals surface area (Å²) in [6.45, 7) is 3.91. The molecule has 1 aromatic carbocycles. The number of pyridine rings is 2. The molecule has 112 valence electrons. The van der Waals surface area contributed by atoms with Crippen molar-refractivity contribution in [1.82, 2.24) is 9.66 Å². The zero-order valence-corrected chi connectivity index (χ0v) is 12.8. The van der Waals surface area contributed by atoms with E-state index >= 15 is 0 Å². The minimum absolute atomic E-state index is 0.128. The Bertz CT molecular complexity index is 880. The maximum atomic E-state index is 12.3. The van der Waals surface area contributed by atoms with Gasteiger partial charge < -0.3 is 4.74 Å². The van der Waals surface area contributed by atoms with Gasteiger partial charge in [-0.3, -0.25) is 15.2 Å². The van der Waals surface area contributed by atoms with E-state index in [-0.39, 0.29) is 5.56 Å². The fraction of sp³-hybridized carbons (Fsp3) is 0.176. The second kappa shape index (κ2) is 5.52. The summed E-state index contributed by atoms with van der Waals surface area (Å²) in [5.41, 5.74) is 6.69. The zero-order chi connectivity index (χ0) is 15.7. The molecule has 0 bridgehead atoms. The third-order valence-electron chi connectivity index (χ3n) is 3.65. The summed E-state index contributed by atoms with van der Waals surface area (Å²) in [6, 6.07) is 9.00. The molecule has 0 saturated heterocycles. The molecular weight excluding hydrogens is 278 g/mol. The lowest BCUT2D eigenvalue weighted by atomic mass is 10.2. The maximum absolute atomic E-state index is 12.3. The lowest BCUT2D eigenvalue weighted by Gasteiger charge is -2.16. The molecule has 0 spiro atoms. The molecule has 0 fully saturated rings. The summed E-state index contributed by atoms with van der Waals surface area (Å²) in [4.78, 5) is 16.5. The number of rotatable bonds is 3. The molecule has 0 unspecified atom stereocenters. The number of methoxy groups -OCH3 is 1. The molecular formula is C17H17N3O2. The van der Waals surface area contributed by atoms with Crippen LogP contribution in [0.3, 0.4) is 0 Å². The van der Waals surface area contributed by atoms with Crippen molar-refractivity contribution in [2.45, 2.75) is 13.8 Å². The third kappa shape index (κ3) is 2.41. The molecule has 5 nitrogen and oxygen atoms in total. The second-order valence-corrected chi connectivity index (χ2v) is 5.19. The average Bonchev–Trinajstić information content (AvgIpc) is 2.52. The standard InChI is InChI=1S/C17H17N3O2/c1-11-9-18-10-12(2)17(11)19-20-15-8-14(22-3)6-4-13(15)5-7-16(20)21/h4-10H,1-3H3,(H,18,19). The van der Waals surface area contributed by atoms with Crippen LogP contribution >= 0.6 is 0 Å². The van der Waals surface area contributed by atoms with E-state index in [0.717, 1.165) is 27.7 Å². The first-order valence-electron chi connectivity index (χ1n) is 6.98. The molecule has 0 amide bonds. The van der Waals surface area contributed by atoms with E-state index in [0.29, 0.717) is 5.75 Å². The minimum atomic E-state index is -0.128. The van der Waals surface area contributed by atoms with Crippen molar-refractivity contribution in [1.29, 1.82) is 0 Å². The summed E-state index contributed by atoms with van der Waals surface area (Å²) in [6.07, 6.45) is 3.54. The van der Waals surface area contributed by atoms with E-state index in [1.807, 2.05) is 38.1 Å². The maximum Gasteiger partial charge on any atom is 0.269 e. The van der Waals surface area contributed by atoms with Crippen molar-refractivity contribution >= 4 is 16.6 Å². The highest BCUT2D eigenvalue weighted by Crippen LogP contribution is 2.22. The van der Waals surface area contributed by atoms with Crippen molar-refractivity contribution in [2.24, 2.45) is 0 Å². The molecule has 2 aromatic heterocycles. The molecule has 3 rings (SSSR count). The summed E-state index contributed by atoms with van der Waals surface area (Å²) in [5.74, 6) is 0.705. The molecule has 0 atom stereocenters. The van der Waals surface area contributed by atoms with Gasteiger partial charge in [-0.05, 0) is 43.2 Å². The Labute approximate surface area is 128 Å². The van der Waals surface area contributed by atoms with Crippen LogP contribution in [0.1, 0.15) is 11.1 Å². The number of hydrogen-bond acceptors (Lipinski definition) is 4. The van der Waals surface area contributed by atoms with Crippen molar-refractivity contribution < 1.29 is 4.74 Å². The van der Waals surface area contributed by atoms with Crippen molar-refractivity contribution in [3.8, 4) is 5.75 Å². The molecule has 22 heavy (non-hydrogen) atoms. The lowest BCUT2D eigenvalue weighted by Crippen LogP contribution is -2.26. The Balaban J connectivity index is 2.21. The SMILES string of the molecule is COc1ccc2ccc(=O)n(Nc3c(C)cncc3C)c2c1. The molecule has 0 aliphatic heterocycles. The smallest absolute Gasteiger partial charge is 0.269 e. The molecule has 0 radical (unpaired) electrons. The van der Waals surface area contributed by atoms with E-state index in [9.17, 15) is 4.79 Å². The van der Waals surface area contributed by atoms with Crippen molar-refractivity contribution in [3.05, 3.63) is 64.2 Å². The van der Waals surface area contributed by atoms with Gasteiger partial charge in [-0.1, -0.05) is 0 Å². The van der Waals surface area contributed by atoms with Crippen LogP contribution in [0, 0.1) is 13.8 Å². The van der Waals surface area contributed by atoms with Crippen LogP contribution in [-0.2, 0) is 0 Å². The van der Waals surface area contributed by atoms with Gasteiger partial charge >= 0.3 is 0 Å². The fourth-order valence-corrected chi connectivity index (χ4v) is 2.44. The topological polar surface area (TPSA) is 56.1 Å². The average molecular weight is 295 g/mol. The lowest BCUT2D eigenvalue weighted by molar-refractivity contribution is 0.415. The normalized spacial score (nSPS) is 10.7. The first-order chi connectivity index (χ1) is 10.6. The second-order valence-electron chi connectivity index (χ2n) is 5.19. The van der Waals surface area contributed by atoms with Gasteiger partial charge in [0.25, 0.3) is 5.56 Å². The number of nitrogens with one attached hydrogen (secondary N) is 1. The number of nitrogens with zero attached hydrogens (tertiary/aromatic N) is 2. The molecule has 5 heteroatoms. The van der Waals surface area contributed by atoms with Gasteiger partial charge in [0.2, 0.25) is 0 Å². The predicted octanol–water partition coefficient (Wildman–Crippen LogP) is 2.90. The Morgan fingerprint density at radius 3 is 2.45 bits per heavy atom. The van der Waals surface area contributed by atoms with Crippen LogP contribution in [0.5, 0.6) is 5.75 Å². The van der Waals surface area contributed by atoms with Crippen LogP contribution in [0.15, 0.2) is 47.5 Å². The highest BCUT2D eigenvalue weighted by atomic mass is 16.5. The number of benzene rings is 1. The number of hydrogen-bond donors (Lipinski definition) is 1. The summed E-state index contributed by atoms with van der Waals surface area (Å²) in [5, 5.41) is 0.956. The number of fused-ring (bicyclic) bond motifs is 1. The highest BCUT2D eigenvalue weighted by Gasteiger charge is 2.08. The Hall–Kier alpha value is -2.82. The first-order valence-corrected chi connectivity index (χ1v) is 6.98. The van der Waals surface area contributed by atoms with E-state index in [2.05, 4.69) is 10.4 Å². The monoisotopic (exact) mass is 295 g/mol. The van der Waals surface area contributed by atoms with Gasteiger partial charge in [-0.25, -0.2) is 4.68 Å². The summed E-state index contributed by atoms with van der Waals surface area (Å²) >= 11 is 0. The Kier molecular flexibility index (Phi) is 3.55. The number of aryl methyl sites for hydroxylation is 2. The van der Waals surface area contributed by atoms with Crippen LogP contribution < -0.4 is 15.7 Å². The number of anilines is 1. The van der Waals surface area contributed by atoms with Gasteiger partial charge in [0, 0.05) is 29.9 Å². The molecule has 0 saturated carbocycles. The van der Waals surface area contributed by atoms with Crippen LogP contribution in [0.25, 0.3) is 10.9 Å². The Morgan fingerprint density at radius 1 is 1.09 bits per heavy atom. The van der Waals surface area contributed by atoms with Gasteiger partial charge in [-0.15, -0.1) is 0 Å². The summed E-state index contributed by atoms with van der Waals surface area (Å²) in [7, 11) is 1.61. The summed E-state index contributed by atoms with van der Waals surface area (Å²) < 4.78 is 6.80. The van der Waals surface area contributed by atoms with Crippen LogP contribution in [0.2, 0.25) is 0 Å². The molecule has 0 aliphatic carbocycles.